The van der Waals surface area contributed by atoms with Crippen LogP contribution in [-0.4, -0.2) is 12.0 Å². The van der Waals surface area contributed by atoms with Gasteiger partial charge in [-0.1, -0.05) is 22.0 Å². The van der Waals surface area contributed by atoms with Gasteiger partial charge in [0.25, 0.3) is 0 Å². The van der Waals surface area contributed by atoms with Crippen LogP contribution >= 0.6 is 15.9 Å². The van der Waals surface area contributed by atoms with Crippen molar-refractivity contribution >= 4 is 15.9 Å². The third kappa shape index (κ3) is 2.76. The maximum Gasteiger partial charge on any atom is 0.123 e. The van der Waals surface area contributed by atoms with Gasteiger partial charge in [-0.25, -0.2) is 4.39 Å². The van der Waals surface area contributed by atoms with Gasteiger partial charge in [-0.3, -0.25) is 4.98 Å². The fourth-order valence-corrected chi connectivity index (χ4v) is 2.45. The summed E-state index contributed by atoms with van der Waals surface area (Å²) in [4.78, 5) is 4.18. The third-order valence-electron chi connectivity index (χ3n) is 2.79. The van der Waals surface area contributed by atoms with Gasteiger partial charge in [0, 0.05) is 16.9 Å². The number of nitrogens with zero attached hydrogens (tertiary/aromatic N) is 1. The number of aromatic nitrogens is 1. The number of aryl methyl sites for hydroxylation is 1. The van der Waals surface area contributed by atoms with E-state index in [1.807, 2.05) is 20.0 Å². The van der Waals surface area contributed by atoms with Crippen molar-refractivity contribution < 1.29 is 4.39 Å². The average molecular weight is 309 g/mol. The second-order valence-corrected chi connectivity index (χ2v) is 5.04. The molecule has 0 fully saturated rings. The number of halogens is 2. The Kier molecular flexibility index (Phi) is 4.09. The van der Waals surface area contributed by atoms with Crippen molar-refractivity contribution in [1.29, 1.82) is 0 Å². The maximum atomic E-state index is 13.4. The van der Waals surface area contributed by atoms with Gasteiger partial charge in [-0.15, -0.1) is 0 Å². The molecule has 1 aromatic carbocycles. The molecule has 1 N–H and O–H groups in total. The molecule has 0 aliphatic heterocycles. The van der Waals surface area contributed by atoms with Crippen LogP contribution in [0.2, 0.25) is 0 Å². The quantitative estimate of drug-likeness (QED) is 0.937. The summed E-state index contributed by atoms with van der Waals surface area (Å²) in [5.74, 6) is -0.242. The number of pyridine rings is 1. The van der Waals surface area contributed by atoms with Gasteiger partial charge in [-0.2, -0.15) is 0 Å². The molecule has 18 heavy (non-hydrogen) atoms. The maximum absolute atomic E-state index is 13.4. The minimum atomic E-state index is -0.242. The van der Waals surface area contributed by atoms with E-state index in [1.54, 1.807) is 18.5 Å². The molecule has 0 saturated heterocycles. The lowest BCUT2D eigenvalue weighted by molar-refractivity contribution is 0.615. The first-order valence-electron chi connectivity index (χ1n) is 5.65. The van der Waals surface area contributed by atoms with Crippen molar-refractivity contribution in [2.24, 2.45) is 0 Å². The first-order chi connectivity index (χ1) is 8.61. The Labute approximate surface area is 114 Å². The molecule has 0 aliphatic rings. The van der Waals surface area contributed by atoms with Gasteiger partial charge in [-0.05, 0) is 48.9 Å². The van der Waals surface area contributed by atoms with E-state index < -0.39 is 0 Å². The van der Waals surface area contributed by atoms with E-state index in [9.17, 15) is 4.39 Å². The Balaban J connectivity index is 2.48. The van der Waals surface area contributed by atoms with Crippen LogP contribution < -0.4 is 5.32 Å². The number of hydrogen-bond acceptors (Lipinski definition) is 2. The van der Waals surface area contributed by atoms with Crippen molar-refractivity contribution in [3.8, 4) is 0 Å². The smallest absolute Gasteiger partial charge is 0.123 e. The van der Waals surface area contributed by atoms with Crippen LogP contribution in [0.3, 0.4) is 0 Å². The lowest BCUT2D eigenvalue weighted by Gasteiger charge is -2.18. The zero-order chi connectivity index (χ0) is 13.1. The summed E-state index contributed by atoms with van der Waals surface area (Å²) >= 11 is 3.46. The molecule has 0 spiro atoms. The molecule has 1 aromatic heterocycles. The van der Waals surface area contributed by atoms with Crippen LogP contribution in [0.15, 0.2) is 41.1 Å². The van der Waals surface area contributed by atoms with Crippen LogP contribution in [0.4, 0.5) is 4.39 Å². The first kappa shape index (κ1) is 13.2. The molecule has 2 rings (SSSR count). The van der Waals surface area contributed by atoms with Crippen molar-refractivity contribution in [2.45, 2.75) is 13.0 Å². The van der Waals surface area contributed by atoms with Crippen molar-refractivity contribution in [3.63, 3.8) is 0 Å². The summed E-state index contributed by atoms with van der Waals surface area (Å²) in [5, 5.41) is 3.19. The summed E-state index contributed by atoms with van der Waals surface area (Å²) < 4.78 is 14.3. The van der Waals surface area contributed by atoms with E-state index in [1.165, 1.54) is 12.1 Å². The molecule has 0 saturated carbocycles. The number of nitrogens with one attached hydrogen (secondary N) is 1. The molecule has 1 atom stereocenters. The van der Waals surface area contributed by atoms with Crippen molar-refractivity contribution in [3.05, 3.63) is 63.6 Å². The van der Waals surface area contributed by atoms with E-state index in [-0.39, 0.29) is 11.9 Å². The van der Waals surface area contributed by atoms with Crippen molar-refractivity contribution in [1.82, 2.24) is 10.3 Å². The predicted molar refractivity (Wildman–Crippen MR) is 74.0 cm³/mol. The van der Waals surface area contributed by atoms with Gasteiger partial charge < -0.3 is 5.32 Å². The monoisotopic (exact) mass is 308 g/mol. The summed E-state index contributed by atoms with van der Waals surface area (Å²) in [6.45, 7) is 1.99. The highest BCUT2D eigenvalue weighted by atomic mass is 79.9. The van der Waals surface area contributed by atoms with Crippen LogP contribution in [0.25, 0.3) is 0 Å². The molecule has 0 aliphatic carbocycles. The highest BCUT2D eigenvalue weighted by Gasteiger charge is 2.16. The van der Waals surface area contributed by atoms with Crippen LogP contribution in [-0.2, 0) is 0 Å². The molecule has 2 aromatic rings. The standard InChI is InChI=1S/C14H14BrFN2/c1-9-5-10(8-18-7-9)14(17-2)12-6-11(16)3-4-13(12)15/h3-8,14,17H,1-2H3. The van der Waals surface area contributed by atoms with Gasteiger partial charge >= 0.3 is 0 Å². The van der Waals surface area contributed by atoms with E-state index >= 15 is 0 Å². The molecule has 94 valence electrons. The SMILES string of the molecule is CNC(c1cncc(C)c1)c1cc(F)ccc1Br. The fourth-order valence-electron chi connectivity index (χ4n) is 1.97. The van der Waals surface area contributed by atoms with Gasteiger partial charge in [0.2, 0.25) is 0 Å². The summed E-state index contributed by atoms with van der Waals surface area (Å²) in [6, 6.07) is 6.66. The second-order valence-electron chi connectivity index (χ2n) is 4.18. The molecule has 0 radical (unpaired) electrons. The molecular weight excluding hydrogens is 295 g/mol. The second kappa shape index (κ2) is 5.59. The fraction of sp³-hybridized carbons (Fsp3) is 0.214. The van der Waals surface area contributed by atoms with Gasteiger partial charge in [0.1, 0.15) is 5.82 Å². The molecule has 0 amide bonds. The minimum absolute atomic E-state index is 0.0810. The molecule has 2 nitrogen and oxygen atoms in total. The summed E-state index contributed by atoms with van der Waals surface area (Å²) in [7, 11) is 1.85. The summed E-state index contributed by atoms with van der Waals surface area (Å²) in [6.07, 6.45) is 3.60. The van der Waals surface area contributed by atoms with Crippen LogP contribution in [0.1, 0.15) is 22.7 Å². The molecule has 1 unspecified atom stereocenters. The van der Waals surface area contributed by atoms with E-state index in [0.29, 0.717) is 0 Å². The average Bonchev–Trinajstić information content (AvgIpc) is 2.35. The van der Waals surface area contributed by atoms with Gasteiger partial charge in [0.15, 0.2) is 0 Å². The lowest BCUT2D eigenvalue weighted by Crippen LogP contribution is -2.18. The Morgan fingerprint density at radius 1 is 1.28 bits per heavy atom. The largest absolute Gasteiger partial charge is 0.309 e. The van der Waals surface area contributed by atoms with Crippen molar-refractivity contribution in [2.75, 3.05) is 7.05 Å². The first-order valence-corrected chi connectivity index (χ1v) is 6.45. The van der Waals surface area contributed by atoms with E-state index in [4.69, 9.17) is 0 Å². The van der Waals surface area contributed by atoms with E-state index in [0.717, 1.165) is 21.2 Å². The lowest BCUT2D eigenvalue weighted by atomic mass is 9.99. The van der Waals surface area contributed by atoms with Crippen LogP contribution in [0.5, 0.6) is 0 Å². The molecular formula is C14H14BrFN2. The topological polar surface area (TPSA) is 24.9 Å². The van der Waals surface area contributed by atoms with E-state index in [2.05, 4.69) is 26.2 Å². The Bertz CT molecular complexity index is 557. The zero-order valence-electron chi connectivity index (χ0n) is 10.2. The number of hydrogen-bond donors (Lipinski definition) is 1. The highest BCUT2D eigenvalue weighted by molar-refractivity contribution is 9.10. The Morgan fingerprint density at radius 3 is 2.72 bits per heavy atom. The Hall–Kier alpha value is -1.26. The minimum Gasteiger partial charge on any atom is -0.309 e. The summed E-state index contributed by atoms with van der Waals surface area (Å²) in [5.41, 5.74) is 2.97. The predicted octanol–water partition coefficient (Wildman–Crippen LogP) is 3.60. The normalized spacial score (nSPS) is 12.4. The third-order valence-corrected chi connectivity index (χ3v) is 3.51. The molecule has 4 heteroatoms. The molecule has 1 heterocycles. The van der Waals surface area contributed by atoms with Crippen LogP contribution in [0, 0.1) is 12.7 Å². The number of rotatable bonds is 3. The molecule has 0 bridgehead atoms. The highest BCUT2D eigenvalue weighted by Crippen LogP contribution is 2.29. The van der Waals surface area contributed by atoms with Gasteiger partial charge in [0.05, 0.1) is 6.04 Å². The Morgan fingerprint density at radius 2 is 2.06 bits per heavy atom. The number of benzene rings is 1. The zero-order valence-corrected chi connectivity index (χ0v) is 11.8.